The quantitative estimate of drug-likeness (QED) is 0.00881. The van der Waals surface area contributed by atoms with Gasteiger partial charge in [0.2, 0.25) is 17.8 Å². The summed E-state index contributed by atoms with van der Waals surface area (Å²) in [6, 6.07) is 24.2. The molecule has 6 aromatic rings. The maximum atomic E-state index is 12.8. The van der Waals surface area contributed by atoms with E-state index in [1.54, 1.807) is 42.5 Å². The van der Waals surface area contributed by atoms with Crippen LogP contribution in [-0.4, -0.2) is 55.0 Å². The molecule has 0 saturated heterocycles. The van der Waals surface area contributed by atoms with Gasteiger partial charge in [-0.05, 0) is 96.4 Å². The van der Waals surface area contributed by atoms with E-state index in [9.17, 15) is 37.7 Å². The van der Waals surface area contributed by atoms with Crippen LogP contribution in [0, 0.1) is 6.92 Å². The van der Waals surface area contributed by atoms with Crippen LogP contribution in [0.2, 0.25) is 0 Å². The summed E-state index contributed by atoms with van der Waals surface area (Å²) in [7, 11) is -7.34. The van der Waals surface area contributed by atoms with Gasteiger partial charge in [0.25, 0.3) is 0 Å². The molecule has 0 atom stereocenters. The number of phenolic OH excluding ortho intramolecular Hbond substituents is 1. The molecule has 0 aliphatic heterocycles. The van der Waals surface area contributed by atoms with Gasteiger partial charge < -0.3 is 43.8 Å². The molecule has 0 aliphatic rings. The molecule has 1 heterocycles. The molecule has 0 saturated carbocycles. The molecule has 67 heavy (non-hydrogen) atoms. The molecule has 0 amide bonds. The molecular formula is C35H28N8Na4O15S5. The van der Waals surface area contributed by atoms with Crippen LogP contribution < -0.4 is 150 Å². The van der Waals surface area contributed by atoms with Crippen molar-refractivity contribution in [2.45, 2.75) is 19.6 Å². The smallest absolute Gasteiger partial charge is 0.691 e. The first kappa shape index (κ1) is 61.8. The second-order valence-corrected chi connectivity index (χ2v) is 18.3. The van der Waals surface area contributed by atoms with Crippen LogP contribution in [0.25, 0.3) is 10.8 Å². The minimum atomic E-state index is -3.79. The number of fused-ring (bicyclic) bond motifs is 1. The Kier molecular flexibility index (Phi) is 28.2. The van der Waals surface area contributed by atoms with Gasteiger partial charge in [0, 0.05) is 27.3 Å². The molecule has 0 radical (unpaired) electrons. The van der Waals surface area contributed by atoms with E-state index in [0.717, 1.165) is 0 Å². The van der Waals surface area contributed by atoms with Crippen molar-refractivity contribution < 1.29 is 188 Å². The van der Waals surface area contributed by atoms with Gasteiger partial charge in [-0.15, -0.1) is 9.45 Å². The van der Waals surface area contributed by atoms with E-state index in [1.165, 1.54) is 54.6 Å². The standard InChI is InChI=1S/C35H31N8O15S5.4Na/c1-2-62(48,49)27-13-8-23(9-14-27)42-43-31-30(60-57-54-46)19-21-18-25(10-15-29(21)32(31)44)38-35-40-33(39-34(41-35)37-24-4-3-5-26(20-24)59-56-53-45)36-22-6-11-28(12-7-22)63(50,51)17-16-52-61-58-55-47;;;;/h3-15,18-20,44-47H,1-2,16-17H2,(H3,36,37,38,39,40,41);;;;/q-1;4*+1/p-3. The maximum Gasteiger partial charge on any atom is 1.00 e. The molecule has 32 heteroatoms. The van der Waals surface area contributed by atoms with Gasteiger partial charge in [0.05, 0.1) is 56.8 Å². The molecular weight excluding hydrogens is 1020 g/mol. The number of benzene rings is 5. The Morgan fingerprint density at radius 3 is 1.81 bits per heavy atom. The Labute approximate surface area is 483 Å². The first-order valence-corrected chi connectivity index (χ1v) is 22.7. The number of hydrogen-bond acceptors (Lipinski definition) is 26. The predicted molar refractivity (Wildman–Crippen MR) is 220 cm³/mol. The van der Waals surface area contributed by atoms with Crippen molar-refractivity contribution in [3.05, 3.63) is 104 Å². The summed E-state index contributed by atoms with van der Waals surface area (Å²) in [5.74, 6) is -1.05. The zero-order valence-electron chi connectivity index (χ0n) is 35.5. The summed E-state index contributed by atoms with van der Waals surface area (Å²) in [5.41, 5.74) is 1.44. The largest absolute Gasteiger partial charge is 1.00 e. The fraction of sp³-hybridized carbons (Fsp3) is 0.0857. The Hall–Kier alpha value is -1.28. The monoisotopic (exact) mass is 1050 g/mol. The number of phenols is 1. The first-order chi connectivity index (χ1) is 30.4. The summed E-state index contributed by atoms with van der Waals surface area (Å²) >= 11 is 1.32. The Balaban J connectivity index is 0.00000385. The van der Waals surface area contributed by atoms with Crippen molar-refractivity contribution in [3.8, 4) is 5.75 Å². The van der Waals surface area contributed by atoms with Crippen LogP contribution in [0.5, 0.6) is 5.75 Å². The van der Waals surface area contributed by atoms with Gasteiger partial charge in [-0.25, -0.2) is 16.8 Å². The minimum absolute atomic E-state index is 0. The van der Waals surface area contributed by atoms with Gasteiger partial charge in [0.1, 0.15) is 5.69 Å². The van der Waals surface area contributed by atoms with E-state index >= 15 is 0 Å². The molecule has 6 rings (SSSR count). The average molecular weight is 1050 g/mol. The van der Waals surface area contributed by atoms with E-state index in [0.29, 0.717) is 56.8 Å². The maximum absolute atomic E-state index is 12.8. The zero-order valence-corrected chi connectivity index (χ0v) is 47.6. The number of hydrogen-bond donors (Lipinski definition) is 4. The number of nitrogens with one attached hydrogen (secondary N) is 3. The Bertz CT molecular complexity index is 2780. The molecule has 0 bridgehead atoms. The van der Waals surface area contributed by atoms with Crippen molar-refractivity contribution in [1.29, 1.82) is 0 Å². The zero-order chi connectivity index (χ0) is 44.8. The van der Waals surface area contributed by atoms with Gasteiger partial charge >= 0.3 is 118 Å². The van der Waals surface area contributed by atoms with Crippen LogP contribution in [0.3, 0.4) is 0 Å². The fourth-order valence-electron chi connectivity index (χ4n) is 5.27. The van der Waals surface area contributed by atoms with Gasteiger partial charge in [-0.2, -0.15) is 28.7 Å². The molecule has 0 aliphatic carbocycles. The second kappa shape index (κ2) is 30.6. The van der Waals surface area contributed by atoms with Crippen molar-refractivity contribution in [1.82, 2.24) is 15.0 Å². The van der Waals surface area contributed by atoms with Gasteiger partial charge in [-0.3, -0.25) is 19.3 Å². The summed E-state index contributed by atoms with van der Waals surface area (Å²) < 4.78 is 67.5. The van der Waals surface area contributed by atoms with E-state index in [-0.39, 0.29) is 193 Å². The first-order valence-electron chi connectivity index (χ1n) is 17.3. The SMILES string of the molecule is [CH2-]CS(=O)(=O)c1ccc(N=Nc2c(SOO[O-])cc3cc(Nc4nc(Nc5ccc(S(=O)(=O)CCOSOO[O-])cc5)nc(Nc5cccc(SOO[O-])c5)n4)ccc3c2O)cc1.[Na+].[Na+].[Na+].[Na+]. The van der Waals surface area contributed by atoms with Crippen molar-refractivity contribution in [3.63, 3.8) is 0 Å². The van der Waals surface area contributed by atoms with Crippen molar-refractivity contribution in [2.75, 3.05) is 34.1 Å². The summed E-state index contributed by atoms with van der Waals surface area (Å²) in [6.07, 6.45) is 0. The van der Waals surface area contributed by atoms with E-state index in [1.807, 2.05) is 0 Å². The van der Waals surface area contributed by atoms with Crippen LogP contribution in [0.4, 0.5) is 46.3 Å². The topological polar surface area (TPSA) is 322 Å². The summed E-state index contributed by atoms with van der Waals surface area (Å²) in [5, 5.41) is 70.6. The second-order valence-electron chi connectivity index (χ2n) is 12.0. The molecule has 5 aromatic carbocycles. The van der Waals surface area contributed by atoms with Crippen LogP contribution in [0.1, 0.15) is 0 Å². The molecule has 332 valence electrons. The third-order valence-electron chi connectivity index (χ3n) is 8.08. The summed E-state index contributed by atoms with van der Waals surface area (Å²) in [6.45, 7) is 3.13. The van der Waals surface area contributed by atoms with Crippen LogP contribution >= 0.6 is 36.4 Å². The van der Waals surface area contributed by atoms with Gasteiger partial charge in [-0.1, -0.05) is 11.8 Å². The Morgan fingerprint density at radius 2 is 1.19 bits per heavy atom. The number of aromatic nitrogens is 3. The average Bonchev–Trinajstić information content (AvgIpc) is 3.27. The molecule has 0 spiro atoms. The van der Waals surface area contributed by atoms with Crippen molar-refractivity contribution in [2.24, 2.45) is 10.2 Å². The molecule has 1 aromatic heterocycles. The number of azo groups is 1. The molecule has 4 N–H and O–H groups in total. The van der Waals surface area contributed by atoms with E-state index in [2.05, 4.69) is 76.2 Å². The van der Waals surface area contributed by atoms with Gasteiger partial charge in [0.15, 0.2) is 37.7 Å². The number of sulfone groups is 2. The Morgan fingerprint density at radius 1 is 0.642 bits per heavy atom. The van der Waals surface area contributed by atoms with Crippen molar-refractivity contribution >= 4 is 113 Å². The number of nitrogens with zero attached hydrogens (tertiary/aromatic N) is 5. The number of anilines is 6. The third kappa shape index (κ3) is 18.4. The predicted octanol–water partition coefficient (Wildman–Crippen LogP) is -6.96. The summed E-state index contributed by atoms with van der Waals surface area (Å²) in [4.78, 5) is 14.1. The normalized spacial score (nSPS) is 11.2. The van der Waals surface area contributed by atoms with E-state index in [4.69, 9.17) is 4.18 Å². The van der Waals surface area contributed by atoms with Crippen LogP contribution in [0.15, 0.2) is 127 Å². The molecule has 23 nitrogen and oxygen atoms in total. The van der Waals surface area contributed by atoms with E-state index < -0.39 is 25.4 Å². The third-order valence-corrected chi connectivity index (χ3v) is 12.9. The fourth-order valence-corrected chi connectivity index (χ4v) is 8.37. The minimum Gasteiger partial charge on any atom is -0.691 e. The molecule has 0 fully saturated rings. The molecule has 0 unspecified atom stereocenters. The number of rotatable bonds is 23. The van der Waals surface area contributed by atoms with Crippen LogP contribution in [-0.2, 0) is 52.0 Å². The number of aromatic hydroxyl groups is 1.